The number of hydrogen-bond acceptors (Lipinski definition) is 3. The van der Waals surface area contributed by atoms with E-state index in [4.69, 9.17) is 10.5 Å². The van der Waals surface area contributed by atoms with Crippen molar-refractivity contribution in [1.82, 2.24) is 4.90 Å². The molecule has 1 aromatic rings. The molecule has 0 saturated carbocycles. The van der Waals surface area contributed by atoms with Gasteiger partial charge in [-0.2, -0.15) is 0 Å². The highest BCUT2D eigenvalue weighted by molar-refractivity contribution is 5.38. The quantitative estimate of drug-likeness (QED) is 0.858. The van der Waals surface area contributed by atoms with Crippen molar-refractivity contribution in [1.29, 1.82) is 0 Å². The second-order valence-electron chi connectivity index (χ2n) is 6.39. The summed E-state index contributed by atoms with van der Waals surface area (Å²) in [6.07, 6.45) is 0. The lowest BCUT2D eigenvalue weighted by atomic mass is 10.0. The highest BCUT2D eigenvalue weighted by Crippen LogP contribution is 2.25. The maximum Gasteiger partial charge on any atom is 0.123 e. The molecule has 2 N–H and O–H groups in total. The molecular formula is C16H28N2O. The number of rotatable bonds is 6. The van der Waals surface area contributed by atoms with E-state index in [0.29, 0.717) is 5.92 Å². The summed E-state index contributed by atoms with van der Waals surface area (Å²) in [6, 6.07) is 6.49. The van der Waals surface area contributed by atoms with Crippen LogP contribution in [0.2, 0.25) is 0 Å². The Morgan fingerprint density at radius 3 is 2.42 bits per heavy atom. The molecule has 108 valence electrons. The summed E-state index contributed by atoms with van der Waals surface area (Å²) in [6.45, 7) is 10.2. The van der Waals surface area contributed by atoms with Crippen LogP contribution in [0, 0.1) is 0 Å². The first-order valence-corrected chi connectivity index (χ1v) is 6.87. The minimum absolute atomic E-state index is 0.181. The molecule has 1 aromatic carbocycles. The first-order valence-electron chi connectivity index (χ1n) is 6.87. The molecule has 0 atom stereocenters. The standard InChI is InChI=1S/C16H28N2O/c1-12(2)13-7-8-14(15(9-13)19-6)10-18(5)11-16(3,4)17/h7-9,12H,10-11,17H2,1-6H3. The van der Waals surface area contributed by atoms with Gasteiger partial charge in [-0.3, -0.25) is 0 Å². The van der Waals surface area contributed by atoms with Crippen LogP contribution >= 0.6 is 0 Å². The molecule has 0 fully saturated rings. The Morgan fingerprint density at radius 2 is 1.95 bits per heavy atom. The van der Waals surface area contributed by atoms with E-state index in [1.54, 1.807) is 7.11 Å². The van der Waals surface area contributed by atoms with Crippen LogP contribution in [-0.4, -0.2) is 31.1 Å². The first kappa shape index (κ1) is 16.0. The van der Waals surface area contributed by atoms with Crippen LogP contribution in [-0.2, 0) is 6.54 Å². The van der Waals surface area contributed by atoms with E-state index < -0.39 is 0 Å². The normalized spacial score (nSPS) is 12.3. The average molecular weight is 264 g/mol. The lowest BCUT2D eigenvalue weighted by Crippen LogP contribution is -2.43. The second kappa shape index (κ2) is 6.40. The van der Waals surface area contributed by atoms with Crippen LogP contribution in [0.25, 0.3) is 0 Å². The summed E-state index contributed by atoms with van der Waals surface area (Å²) in [4.78, 5) is 2.23. The van der Waals surface area contributed by atoms with Gasteiger partial charge in [-0.05, 0) is 38.4 Å². The third-order valence-electron chi connectivity index (χ3n) is 3.10. The minimum atomic E-state index is -0.181. The molecule has 0 spiro atoms. The summed E-state index contributed by atoms with van der Waals surface area (Å²) in [5.41, 5.74) is 8.39. The molecule has 19 heavy (non-hydrogen) atoms. The number of nitrogens with zero attached hydrogens (tertiary/aromatic N) is 1. The third-order valence-corrected chi connectivity index (χ3v) is 3.10. The van der Waals surface area contributed by atoms with Gasteiger partial charge >= 0.3 is 0 Å². The fourth-order valence-electron chi connectivity index (χ4n) is 2.29. The van der Waals surface area contributed by atoms with Crippen molar-refractivity contribution in [3.8, 4) is 5.75 Å². The Bertz CT molecular complexity index is 408. The lowest BCUT2D eigenvalue weighted by molar-refractivity contribution is 0.259. The van der Waals surface area contributed by atoms with Gasteiger partial charge in [-0.15, -0.1) is 0 Å². The monoisotopic (exact) mass is 264 g/mol. The van der Waals surface area contributed by atoms with Crippen molar-refractivity contribution in [3.63, 3.8) is 0 Å². The van der Waals surface area contributed by atoms with Crippen LogP contribution in [0.15, 0.2) is 18.2 Å². The zero-order valence-corrected chi connectivity index (χ0v) is 13.2. The molecule has 0 saturated heterocycles. The van der Waals surface area contributed by atoms with Crippen LogP contribution < -0.4 is 10.5 Å². The van der Waals surface area contributed by atoms with Crippen LogP contribution in [0.1, 0.15) is 44.7 Å². The zero-order chi connectivity index (χ0) is 14.6. The predicted octanol–water partition coefficient (Wildman–Crippen LogP) is 2.99. The zero-order valence-electron chi connectivity index (χ0n) is 13.2. The van der Waals surface area contributed by atoms with E-state index in [-0.39, 0.29) is 5.54 Å². The fraction of sp³-hybridized carbons (Fsp3) is 0.625. The Morgan fingerprint density at radius 1 is 1.32 bits per heavy atom. The maximum absolute atomic E-state index is 6.05. The summed E-state index contributed by atoms with van der Waals surface area (Å²) in [7, 11) is 3.82. The Kier molecular flexibility index (Phi) is 5.39. The Balaban J connectivity index is 2.83. The second-order valence-corrected chi connectivity index (χ2v) is 6.39. The van der Waals surface area contributed by atoms with Gasteiger partial charge in [0.2, 0.25) is 0 Å². The summed E-state index contributed by atoms with van der Waals surface area (Å²) < 4.78 is 5.51. The molecule has 3 heteroatoms. The molecule has 0 aliphatic rings. The number of methoxy groups -OCH3 is 1. The first-order chi connectivity index (χ1) is 8.73. The van der Waals surface area contributed by atoms with Gasteiger partial charge in [-0.1, -0.05) is 26.0 Å². The molecule has 0 aromatic heterocycles. The number of nitrogens with two attached hydrogens (primary N) is 1. The van der Waals surface area contributed by atoms with E-state index in [2.05, 4.69) is 44.0 Å². The van der Waals surface area contributed by atoms with E-state index in [0.717, 1.165) is 18.8 Å². The molecule has 0 unspecified atom stereocenters. The summed E-state index contributed by atoms with van der Waals surface area (Å²) in [5, 5.41) is 0. The van der Waals surface area contributed by atoms with Gasteiger partial charge in [0.1, 0.15) is 5.75 Å². The van der Waals surface area contributed by atoms with Crippen molar-refractivity contribution in [2.75, 3.05) is 20.7 Å². The van der Waals surface area contributed by atoms with E-state index >= 15 is 0 Å². The molecule has 0 bridgehead atoms. The van der Waals surface area contributed by atoms with Gasteiger partial charge in [0.15, 0.2) is 0 Å². The van der Waals surface area contributed by atoms with E-state index in [1.165, 1.54) is 11.1 Å². The molecular weight excluding hydrogens is 236 g/mol. The summed E-state index contributed by atoms with van der Waals surface area (Å²) >= 11 is 0. The SMILES string of the molecule is COc1cc(C(C)C)ccc1CN(C)CC(C)(C)N. The molecule has 1 rings (SSSR count). The minimum Gasteiger partial charge on any atom is -0.496 e. The van der Waals surface area contributed by atoms with Gasteiger partial charge in [0, 0.05) is 24.2 Å². The smallest absolute Gasteiger partial charge is 0.123 e. The lowest BCUT2D eigenvalue weighted by Gasteiger charge is -2.27. The molecule has 0 amide bonds. The predicted molar refractivity (Wildman–Crippen MR) is 81.7 cm³/mol. The largest absolute Gasteiger partial charge is 0.496 e. The van der Waals surface area contributed by atoms with E-state index in [9.17, 15) is 0 Å². The maximum atomic E-state index is 6.05. The highest BCUT2D eigenvalue weighted by Gasteiger charge is 2.15. The van der Waals surface area contributed by atoms with Crippen molar-refractivity contribution >= 4 is 0 Å². The average Bonchev–Trinajstić information content (AvgIpc) is 2.26. The van der Waals surface area contributed by atoms with Gasteiger partial charge in [0.05, 0.1) is 7.11 Å². The Labute approximate surface area is 117 Å². The highest BCUT2D eigenvalue weighted by atomic mass is 16.5. The van der Waals surface area contributed by atoms with Crippen molar-refractivity contribution in [2.24, 2.45) is 5.73 Å². The van der Waals surface area contributed by atoms with Crippen molar-refractivity contribution in [2.45, 2.75) is 45.7 Å². The number of ether oxygens (including phenoxy) is 1. The number of benzene rings is 1. The van der Waals surface area contributed by atoms with E-state index in [1.807, 2.05) is 13.8 Å². The van der Waals surface area contributed by atoms with Crippen LogP contribution in [0.4, 0.5) is 0 Å². The van der Waals surface area contributed by atoms with Crippen molar-refractivity contribution < 1.29 is 4.74 Å². The molecule has 0 radical (unpaired) electrons. The molecule has 0 aliphatic heterocycles. The molecule has 3 nitrogen and oxygen atoms in total. The molecule has 0 heterocycles. The topological polar surface area (TPSA) is 38.5 Å². The third kappa shape index (κ3) is 5.21. The van der Waals surface area contributed by atoms with Gasteiger partial charge in [0.25, 0.3) is 0 Å². The van der Waals surface area contributed by atoms with Gasteiger partial charge in [-0.25, -0.2) is 0 Å². The van der Waals surface area contributed by atoms with Gasteiger partial charge < -0.3 is 15.4 Å². The molecule has 0 aliphatic carbocycles. The fourth-order valence-corrected chi connectivity index (χ4v) is 2.29. The number of likely N-dealkylation sites (N-methyl/N-ethyl adjacent to an activating group) is 1. The Hall–Kier alpha value is -1.06. The summed E-state index contributed by atoms with van der Waals surface area (Å²) in [5.74, 6) is 1.48. The van der Waals surface area contributed by atoms with Crippen LogP contribution in [0.5, 0.6) is 5.75 Å². The number of hydrogen-bond donors (Lipinski definition) is 1. The van der Waals surface area contributed by atoms with Crippen molar-refractivity contribution in [3.05, 3.63) is 29.3 Å². The van der Waals surface area contributed by atoms with Crippen LogP contribution in [0.3, 0.4) is 0 Å².